The number of anilines is 1. The molecule has 0 saturated carbocycles. The van der Waals surface area contributed by atoms with Crippen molar-refractivity contribution in [2.75, 3.05) is 43.8 Å². The SMILES string of the molecule is CCOc1ccc(N(CC(=O)N2CCOCC2)S(=O)(=O)c2ccccc2)cc1. The maximum absolute atomic E-state index is 13.3. The summed E-state index contributed by atoms with van der Waals surface area (Å²) in [7, 11) is -3.90. The number of amides is 1. The molecule has 0 radical (unpaired) electrons. The molecule has 1 fully saturated rings. The van der Waals surface area contributed by atoms with Crippen LogP contribution in [0.4, 0.5) is 5.69 Å². The zero-order chi connectivity index (χ0) is 20.0. The highest BCUT2D eigenvalue weighted by Gasteiger charge is 2.29. The van der Waals surface area contributed by atoms with E-state index in [1.54, 1.807) is 47.4 Å². The normalized spacial score (nSPS) is 14.5. The van der Waals surface area contributed by atoms with Gasteiger partial charge in [0.2, 0.25) is 5.91 Å². The van der Waals surface area contributed by atoms with Gasteiger partial charge in [-0.15, -0.1) is 0 Å². The van der Waals surface area contributed by atoms with E-state index in [1.807, 2.05) is 6.92 Å². The van der Waals surface area contributed by atoms with Crippen LogP contribution in [-0.2, 0) is 19.6 Å². The van der Waals surface area contributed by atoms with Crippen molar-refractivity contribution in [2.24, 2.45) is 0 Å². The molecule has 2 aromatic rings. The highest BCUT2D eigenvalue weighted by molar-refractivity contribution is 7.92. The third kappa shape index (κ3) is 4.63. The fourth-order valence-corrected chi connectivity index (χ4v) is 4.38. The molecule has 8 heteroatoms. The molecule has 0 unspecified atom stereocenters. The van der Waals surface area contributed by atoms with E-state index in [1.165, 1.54) is 12.1 Å². The number of nitrogens with zero attached hydrogens (tertiary/aromatic N) is 2. The number of carbonyl (C=O) groups is 1. The van der Waals surface area contributed by atoms with Gasteiger partial charge in [-0.1, -0.05) is 18.2 Å². The van der Waals surface area contributed by atoms with Gasteiger partial charge in [-0.2, -0.15) is 0 Å². The Labute approximate surface area is 165 Å². The van der Waals surface area contributed by atoms with Gasteiger partial charge in [0.05, 0.1) is 30.4 Å². The zero-order valence-electron chi connectivity index (χ0n) is 15.8. The number of hydrogen-bond donors (Lipinski definition) is 0. The van der Waals surface area contributed by atoms with Crippen LogP contribution in [0, 0.1) is 0 Å². The standard InChI is InChI=1S/C20H24N2O5S/c1-2-27-18-10-8-17(9-11-18)22(16-20(23)21-12-14-26-15-13-21)28(24,25)19-6-4-3-5-7-19/h3-11H,2,12-16H2,1H3. The van der Waals surface area contributed by atoms with Crippen LogP contribution in [0.3, 0.4) is 0 Å². The molecule has 0 aliphatic carbocycles. The molecule has 7 nitrogen and oxygen atoms in total. The Hall–Kier alpha value is -2.58. The maximum Gasteiger partial charge on any atom is 0.264 e. The average Bonchev–Trinajstić information content (AvgIpc) is 2.74. The summed E-state index contributed by atoms with van der Waals surface area (Å²) in [5.74, 6) is 0.388. The fraction of sp³-hybridized carbons (Fsp3) is 0.350. The van der Waals surface area contributed by atoms with Gasteiger partial charge in [0.25, 0.3) is 10.0 Å². The van der Waals surface area contributed by atoms with Gasteiger partial charge >= 0.3 is 0 Å². The third-order valence-electron chi connectivity index (χ3n) is 4.41. The Morgan fingerprint density at radius 1 is 1.07 bits per heavy atom. The number of rotatable bonds is 7. The molecule has 0 aromatic heterocycles. The summed E-state index contributed by atoms with van der Waals surface area (Å²) in [6, 6.07) is 14.8. The van der Waals surface area contributed by atoms with E-state index < -0.39 is 10.0 Å². The van der Waals surface area contributed by atoms with Gasteiger partial charge < -0.3 is 14.4 Å². The summed E-state index contributed by atoms with van der Waals surface area (Å²) < 4.78 is 38.4. The van der Waals surface area contributed by atoms with E-state index in [2.05, 4.69) is 0 Å². The summed E-state index contributed by atoms with van der Waals surface area (Å²) in [5.41, 5.74) is 0.411. The Morgan fingerprint density at radius 2 is 1.71 bits per heavy atom. The van der Waals surface area contributed by atoms with Gasteiger partial charge in [0.1, 0.15) is 12.3 Å². The predicted octanol–water partition coefficient (Wildman–Crippen LogP) is 2.14. The summed E-state index contributed by atoms with van der Waals surface area (Å²) in [4.78, 5) is 14.5. The number of ether oxygens (including phenoxy) is 2. The fourth-order valence-electron chi connectivity index (χ4n) is 2.95. The minimum atomic E-state index is -3.90. The number of hydrogen-bond acceptors (Lipinski definition) is 5. The van der Waals surface area contributed by atoms with E-state index in [0.29, 0.717) is 44.3 Å². The van der Waals surface area contributed by atoms with Crippen molar-refractivity contribution < 1.29 is 22.7 Å². The van der Waals surface area contributed by atoms with Gasteiger partial charge in [0, 0.05) is 13.1 Å². The molecule has 0 N–H and O–H groups in total. The Morgan fingerprint density at radius 3 is 2.32 bits per heavy atom. The first-order valence-electron chi connectivity index (χ1n) is 9.18. The second-order valence-electron chi connectivity index (χ2n) is 6.24. The van der Waals surface area contributed by atoms with Gasteiger partial charge in [-0.05, 0) is 43.3 Å². The first-order valence-corrected chi connectivity index (χ1v) is 10.6. The summed E-state index contributed by atoms with van der Waals surface area (Å²) in [6.45, 7) is 3.95. The molecule has 150 valence electrons. The van der Waals surface area contributed by atoms with Crippen molar-refractivity contribution in [3.63, 3.8) is 0 Å². The van der Waals surface area contributed by atoms with Crippen LogP contribution < -0.4 is 9.04 Å². The number of sulfonamides is 1. The molecule has 1 aliphatic rings. The van der Waals surface area contributed by atoms with E-state index in [-0.39, 0.29) is 17.3 Å². The van der Waals surface area contributed by atoms with Gasteiger partial charge in [0.15, 0.2) is 0 Å². The van der Waals surface area contributed by atoms with Crippen LogP contribution in [0.15, 0.2) is 59.5 Å². The van der Waals surface area contributed by atoms with Gasteiger partial charge in [-0.3, -0.25) is 9.10 Å². The van der Waals surface area contributed by atoms with Crippen molar-refractivity contribution in [3.8, 4) is 5.75 Å². The van der Waals surface area contributed by atoms with Crippen molar-refractivity contribution in [3.05, 3.63) is 54.6 Å². The Bertz CT molecular complexity index is 879. The zero-order valence-corrected chi connectivity index (χ0v) is 16.6. The van der Waals surface area contributed by atoms with E-state index in [4.69, 9.17) is 9.47 Å². The predicted molar refractivity (Wildman–Crippen MR) is 106 cm³/mol. The lowest BCUT2D eigenvalue weighted by Crippen LogP contribution is -2.47. The average molecular weight is 404 g/mol. The molecule has 1 saturated heterocycles. The molecular weight excluding hydrogens is 380 g/mol. The number of benzene rings is 2. The Kier molecular flexibility index (Phi) is 6.53. The van der Waals surface area contributed by atoms with Crippen LogP contribution >= 0.6 is 0 Å². The highest BCUT2D eigenvalue weighted by Crippen LogP contribution is 2.26. The van der Waals surface area contributed by atoms with Crippen LogP contribution in [0.2, 0.25) is 0 Å². The van der Waals surface area contributed by atoms with Crippen LogP contribution in [0.25, 0.3) is 0 Å². The molecule has 0 atom stereocenters. The second kappa shape index (κ2) is 9.07. The number of morpholine rings is 1. The lowest BCUT2D eigenvalue weighted by molar-refractivity contribution is -0.133. The smallest absolute Gasteiger partial charge is 0.264 e. The molecule has 0 bridgehead atoms. The van der Waals surface area contributed by atoms with Crippen molar-refractivity contribution in [1.29, 1.82) is 0 Å². The molecule has 1 amide bonds. The summed E-state index contributed by atoms with van der Waals surface area (Å²) >= 11 is 0. The second-order valence-corrected chi connectivity index (χ2v) is 8.11. The Balaban J connectivity index is 1.92. The van der Waals surface area contributed by atoms with Crippen LogP contribution in [0.5, 0.6) is 5.75 Å². The maximum atomic E-state index is 13.3. The lowest BCUT2D eigenvalue weighted by atomic mass is 10.3. The lowest BCUT2D eigenvalue weighted by Gasteiger charge is -2.30. The molecule has 1 heterocycles. The first kappa shape index (κ1) is 20.2. The van der Waals surface area contributed by atoms with Crippen LogP contribution in [0.1, 0.15) is 6.92 Å². The van der Waals surface area contributed by atoms with E-state index in [9.17, 15) is 13.2 Å². The molecule has 1 aliphatic heterocycles. The minimum absolute atomic E-state index is 0.138. The molecule has 0 spiro atoms. The van der Waals surface area contributed by atoms with E-state index >= 15 is 0 Å². The van der Waals surface area contributed by atoms with Gasteiger partial charge in [-0.25, -0.2) is 8.42 Å². The van der Waals surface area contributed by atoms with Crippen molar-refractivity contribution in [1.82, 2.24) is 4.90 Å². The van der Waals surface area contributed by atoms with Crippen molar-refractivity contribution in [2.45, 2.75) is 11.8 Å². The molecule has 3 rings (SSSR count). The molecular formula is C20H24N2O5S. The minimum Gasteiger partial charge on any atom is -0.494 e. The quantitative estimate of drug-likeness (QED) is 0.707. The topological polar surface area (TPSA) is 76.2 Å². The largest absolute Gasteiger partial charge is 0.494 e. The monoisotopic (exact) mass is 404 g/mol. The first-order chi connectivity index (χ1) is 13.5. The van der Waals surface area contributed by atoms with Crippen LogP contribution in [-0.4, -0.2) is 58.7 Å². The van der Waals surface area contributed by atoms with Crippen molar-refractivity contribution >= 4 is 21.6 Å². The summed E-state index contributed by atoms with van der Waals surface area (Å²) in [5, 5.41) is 0. The highest BCUT2D eigenvalue weighted by atomic mass is 32.2. The molecule has 28 heavy (non-hydrogen) atoms. The summed E-state index contributed by atoms with van der Waals surface area (Å²) in [6.07, 6.45) is 0. The third-order valence-corrected chi connectivity index (χ3v) is 6.20. The molecule has 2 aromatic carbocycles. The number of carbonyl (C=O) groups excluding carboxylic acids is 1. The van der Waals surface area contributed by atoms with E-state index in [0.717, 1.165) is 4.31 Å².